The molecule has 1 saturated heterocycles. The Kier molecular flexibility index (Phi) is 6.94. The zero-order chi connectivity index (χ0) is 21.5. The van der Waals surface area contributed by atoms with Crippen molar-refractivity contribution >= 4 is 23.0 Å². The largest absolute Gasteiger partial charge is 0.353 e. The van der Waals surface area contributed by atoms with E-state index in [0.717, 1.165) is 61.9 Å². The van der Waals surface area contributed by atoms with Gasteiger partial charge in [0.05, 0.1) is 11.0 Å². The van der Waals surface area contributed by atoms with Crippen molar-refractivity contribution in [3.05, 3.63) is 70.9 Å². The van der Waals surface area contributed by atoms with E-state index < -0.39 is 0 Å². The molecule has 0 saturated carbocycles. The second kappa shape index (κ2) is 10.2. The number of benzene rings is 1. The summed E-state index contributed by atoms with van der Waals surface area (Å²) in [6.45, 7) is 3.70. The van der Waals surface area contributed by atoms with E-state index in [9.17, 15) is 9.59 Å². The number of H-pyrrole nitrogens is 1. The van der Waals surface area contributed by atoms with Gasteiger partial charge in [-0.2, -0.15) is 0 Å². The number of hydrogen-bond acceptors (Lipinski definition) is 4. The highest BCUT2D eigenvalue weighted by Crippen LogP contribution is 2.24. The van der Waals surface area contributed by atoms with Crippen LogP contribution in [0.1, 0.15) is 37.3 Å². The van der Waals surface area contributed by atoms with Gasteiger partial charge in [-0.25, -0.2) is 4.79 Å². The first kappa shape index (κ1) is 21.1. The van der Waals surface area contributed by atoms with Gasteiger partial charge < -0.3 is 15.2 Å². The van der Waals surface area contributed by atoms with E-state index in [2.05, 4.69) is 20.2 Å². The van der Waals surface area contributed by atoms with Crippen LogP contribution in [0.25, 0.3) is 17.1 Å². The Labute approximate surface area is 181 Å². The van der Waals surface area contributed by atoms with Crippen molar-refractivity contribution in [2.75, 3.05) is 26.2 Å². The summed E-state index contributed by atoms with van der Waals surface area (Å²) in [4.78, 5) is 33.7. The average molecular weight is 420 g/mol. The molecule has 7 nitrogen and oxygen atoms in total. The van der Waals surface area contributed by atoms with Gasteiger partial charge in [-0.15, -0.1) is 0 Å². The monoisotopic (exact) mass is 419 g/mol. The maximum absolute atomic E-state index is 12.4. The second-order valence-corrected chi connectivity index (χ2v) is 8.01. The van der Waals surface area contributed by atoms with Crippen LogP contribution in [0.5, 0.6) is 0 Å². The van der Waals surface area contributed by atoms with E-state index in [0.29, 0.717) is 6.54 Å². The first-order valence-corrected chi connectivity index (χ1v) is 11.0. The number of rotatable bonds is 8. The van der Waals surface area contributed by atoms with Gasteiger partial charge in [0.25, 0.3) is 0 Å². The molecule has 3 heterocycles. The van der Waals surface area contributed by atoms with Crippen LogP contribution >= 0.6 is 0 Å². The maximum Gasteiger partial charge on any atom is 0.326 e. The third kappa shape index (κ3) is 5.49. The molecule has 2 N–H and O–H groups in total. The van der Waals surface area contributed by atoms with Crippen molar-refractivity contribution < 1.29 is 4.79 Å². The highest BCUT2D eigenvalue weighted by Gasteiger charge is 2.23. The Morgan fingerprint density at radius 2 is 2.00 bits per heavy atom. The summed E-state index contributed by atoms with van der Waals surface area (Å²) >= 11 is 0. The highest BCUT2D eigenvalue weighted by molar-refractivity contribution is 5.91. The van der Waals surface area contributed by atoms with Crippen LogP contribution in [0.3, 0.4) is 0 Å². The molecular weight excluding hydrogens is 390 g/mol. The number of aromatic nitrogens is 3. The zero-order valence-corrected chi connectivity index (χ0v) is 17.7. The Bertz CT molecular complexity index is 1080. The number of nitrogens with one attached hydrogen (secondary N) is 2. The van der Waals surface area contributed by atoms with Gasteiger partial charge in [0.1, 0.15) is 0 Å². The quantitative estimate of drug-likeness (QED) is 0.434. The zero-order valence-electron chi connectivity index (χ0n) is 17.7. The summed E-state index contributed by atoms with van der Waals surface area (Å²) in [5.74, 6) is -0.0751. The standard InChI is InChI=1S/C24H29N5O2/c30-23(10-9-19-6-5-13-25-18-19)26-14-3-4-15-28-16-11-20(12-17-28)29-22-8-2-1-7-21(22)27-24(29)31/h1-2,5-10,13,18,20H,3-4,11-12,14-17H2,(H,26,30)(H,27,31)/b10-9+. The topological polar surface area (TPSA) is 83.0 Å². The van der Waals surface area contributed by atoms with Gasteiger partial charge >= 0.3 is 5.69 Å². The molecule has 0 unspecified atom stereocenters. The van der Waals surface area contributed by atoms with Crippen molar-refractivity contribution in [1.29, 1.82) is 0 Å². The molecule has 1 amide bonds. The summed E-state index contributed by atoms with van der Waals surface area (Å²) < 4.78 is 1.93. The van der Waals surface area contributed by atoms with Gasteiger partial charge in [-0.1, -0.05) is 18.2 Å². The Balaban J connectivity index is 1.15. The minimum Gasteiger partial charge on any atom is -0.353 e. The van der Waals surface area contributed by atoms with E-state index in [-0.39, 0.29) is 17.6 Å². The third-order valence-electron chi connectivity index (χ3n) is 5.86. The molecule has 1 fully saturated rings. The number of imidazole rings is 1. The molecule has 31 heavy (non-hydrogen) atoms. The van der Waals surface area contributed by atoms with Gasteiger partial charge in [0, 0.05) is 44.1 Å². The number of pyridine rings is 1. The lowest BCUT2D eigenvalue weighted by Gasteiger charge is -2.32. The number of para-hydroxylation sites is 2. The van der Waals surface area contributed by atoms with Crippen LogP contribution in [-0.2, 0) is 4.79 Å². The smallest absolute Gasteiger partial charge is 0.326 e. The number of fused-ring (bicyclic) bond motifs is 1. The predicted molar refractivity (Wildman–Crippen MR) is 123 cm³/mol. The van der Waals surface area contributed by atoms with Crippen LogP contribution < -0.4 is 11.0 Å². The van der Waals surface area contributed by atoms with Crippen molar-refractivity contribution in [3.63, 3.8) is 0 Å². The fraction of sp³-hybridized carbons (Fsp3) is 0.375. The summed E-state index contributed by atoms with van der Waals surface area (Å²) in [6.07, 6.45) is 10.7. The first-order valence-electron chi connectivity index (χ1n) is 11.0. The van der Waals surface area contributed by atoms with Crippen molar-refractivity contribution in [3.8, 4) is 0 Å². The normalized spacial score (nSPS) is 15.6. The van der Waals surface area contributed by atoms with E-state index >= 15 is 0 Å². The lowest BCUT2D eigenvalue weighted by atomic mass is 10.0. The third-order valence-corrected chi connectivity index (χ3v) is 5.86. The van der Waals surface area contributed by atoms with E-state index in [1.807, 2.05) is 41.0 Å². The van der Waals surface area contributed by atoms with E-state index in [4.69, 9.17) is 0 Å². The molecule has 1 aliphatic heterocycles. The first-order chi connectivity index (χ1) is 15.2. The molecule has 0 spiro atoms. The summed E-state index contributed by atoms with van der Waals surface area (Å²) in [6, 6.07) is 11.9. The molecule has 0 atom stereocenters. The van der Waals surface area contributed by atoms with Crippen LogP contribution in [0, 0.1) is 0 Å². The summed E-state index contributed by atoms with van der Waals surface area (Å²) in [7, 11) is 0. The number of likely N-dealkylation sites (tertiary alicyclic amines) is 1. The molecule has 0 radical (unpaired) electrons. The lowest BCUT2D eigenvalue weighted by molar-refractivity contribution is -0.116. The minimum absolute atomic E-state index is 0.00651. The van der Waals surface area contributed by atoms with E-state index in [1.54, 1.807) is 24.5 Å². The minimum atomic E-state index is -0.0751. The van der Waals surface area contributed by atoms with Gasteiger partial charge in [0.2, 0.25) is 5.91 Å². The molecule has 0 bridgehead atoms. The van der Waals surface area contributed by atoms with Crippen molar-refractivity contribution in [2.45, 2.75) is 31.7 Å². The number of piperidine rings is 1. The Morgan fingerprint density at radius 3 is 2.81 bits per heavy atom. The van der Waals surface area contributed by atoms with Crippen LogP contribution in [0.2, 0.25) is 0 Å². The Morgan fingerprint density at radius 1 is 1.16 bits per heavy atom. The molecular formula is C24H29N5O2. The highest BCUT2D eigenvalue weighted by atomic mass is 16.2. The number of aromatic amines is 1. The van der Waals surface area contributed by atoms with Crippen molar-refractivity contribution in [1.82, 2.24) is 24.8 Å². The lowest BCUT2D eigenvalue weighted by Crippen LogP contribution is -2.37. The van der Waals surface area contributed by atoms with Crippen LogP contribution in [0.15, 0.2) is 59.7 Å². The molecule has 162 valence electrons. The SMILES string of the molecule is O=C(/C=C/c1cccnc1)NCCCCN1CCC(n2c(=O)[nH]c3ccccc32)CC1. The van der Waals surface area contributed by atoms with Gasteiger partial charge in [-0.3, -0.25) is 14.3 Å². The molecule has 2 aromatic heterocycles. The molecule has 4 rings (SSSR count). The fourth-order valence-corrected chi connectivity index (χ4v) is 4.22. The number of carbonyl (C=O) groups is 1. The molecule has 3 aromatic rings. The molecule has 0 aliphatic carbocycles. The van der Waals surface area contributed by atoms with E-state index in [1.165, 1.54) is 0 Å². The summed E-state index contributed by atoms with van der Waals surface area (Å²) in [5, 5.41) is 2.93. The number of amides is 1. The molecule has 1 aliphatic rings. The maximum atomic E-state index is 12.4. The van der Waals surface area contributed by atoms with Crippen LogP contribution in [-0.4, -0.2) is 51.5 Å². The van der Waals surface area contributed by atoms with Crippen molar-refractivity contribution in [2.24, 2.45) is 0 Å². The summed E-state index contributed by atoms with van der Waals surface area (Å²) in [5.41, 5.74) is 2.82. The molecule has 7 heteroatoms. The number of hydrogen-bond donors (Lipinski definition) is 2. The predicted octanol–water partition coefficient (Wildman–Crippen LogP) is 2.97. The second-order valence-electron chi connectivity index (χ2n) is 8.01. The van der Waals surface area contributed by atoms with Crippen LogP contribution in [0.4, 0.5) is 0 Å². The Hall–Kier alpha value is -3.19. The van der Waals surface area contributed by atoms with Gasteiger partial charge in [-0.05, 0) is 62.1 Å². The fourth-order valence-electron chi connectivity index (χ4n) is 4.22. The number of nitrogens with zero attached hydrogens (tertiary/aromatic N) is 3. The number of unbranched alkanes of at least 4 members (excludes halogenated alkanes) is 1. The average Bonchev–Trinajstić information content (AvgIpc) is 3.14. The number of carbonyl (C=O) groups excluding carboxylic acids is 1. The van der Waals surface area contributed by atoms with Gasteiger partial charge in [0.15, 0.2) is 0 Å². The molecule has 1 aromatic carbocycles.